The summed E-state index contributed by atoms with van der Waals surface area (Å²) in [6, 6.07) is 7.60. The van der Waals surface area contributed by atoms with Crippen molar-refractivity contribution in [2.24, 2.45) is 11.8 Å². The van der Waals surface area contributed by atoms with Crippen LogP contribution in [0.2, 0.25) is 0 Å². The molecule has 2 atom stereocenters. The Morgan fingerprint density at radius 3 is 2.72 bits per heavy atom. The Balaban J connectivity index is 2.10. The Kier molecular flexibility index (Phi) is 4.05. The molecule has 0 radical (unpaired) electrons. The smallest absolute Gasteiger partial charge is 0.166 e. The van der Waals surface area contributed by atoms with E-state index in [1.165, 1.54) is 6.42 Å². The lowest BCUT2D eigenvalue weighted by molar-refractivity contribution is 0.0919. The van der Waals surface area contributed by atoms with Gasteiger partial charge < -0.3 is 4.74 Å². The lowest BCUT2D eigenvalue weighted by Crippen LogP contribution is -2.12. The molecule has 0 saturated heterocycles. The third-order valence-electron chi connectivity index (χ3n) is 3.56. The second-order valence-electron chi connectivity index (χ2n) is 5.67. The molecule has 0 amide bonds. The average Bonchev–Trinajstić information content (AvgIpc) is 2.74. The molecule has 0 bridgehead atoms. The van der Waals surface area contributed by atoms with Crippen LogP contribution in [0.4, 0.5) is 0 Å². The van der Waals surface area contributed by atoms with Crippen LogP contribution in [0.25, 0.3) is 0 Å². The molecule has 0 aliphatic heterocycles. The van der Waals surface area contributed by atoms with E-state index in [1.807, 2.05) is 38.1 Å². The van der Waals surface area contributed by atoms with Gasteiger partial charge in [-0.1, -0.05) is 19.1 Å². The van der Waals surface area contributed by atoms with Crippen LogP contribution in [-0.2, 0) is 0 Å². The summed E-state index contributed by atoms with van der Waals surface area (Å²) >= 11 is 0. The van der Waals surface area contributed by atoms with Crippen molar-refractivity contribution >= 4 is 5.78 Å². The van der Waals surface area contributed by atoms with E-state index < -0.39 is 0 Å². The van der Waals surface area contributed by atoms with Gasteiger partial charge in [-0.05, 0) is 51.2 Å². The molecule has 98 valence electrons. The van der Waals surface area contributed by atoms with Crippen LogP contribution in [0.5, 0.6) is 5.75 Å². The van der Waals surface area contributed by atoms with Gasteiger partial charge in [-0.25, -0.2) is 0 Å². The van der Waals surface area contributed by atoms with Gasteiger partial charge in [0.15, 0.2) is 5.78 Å². The van der Waals surface area contributed by atoms with E-state index in [-0.39, 0.29) is 17.8 Å². The molecule has 1 aliphatic carbocycles. The van der Waals surface area contributed by atoms with Crippen molar-refractivity contribution in [3.8, 4) is 5.75 Å². The summed E-state index contributed by atoms with van der Waals surface area (Å²) in [5, 5.41) is 0. The molecule has 2 heteroatoms. The maximum atomic E-state index is 12.4. The number of hydrogen-bond donors (Lipinski definition) is 0. The number of rotatable bonds is 4. The minimum Gasteiger partial charge on any atom is -0.491 e. The van der Waals surface area contributed by atoms with Crippen LogP contribution >= 0.6 is 0 Å². The van der Waals surface area contributed by atoms with Crippen LogP contribution in [0.1, 0.15) is 50.4 Å². The van der Waals surface area contributed by atoms with Crippen LogP contribution < -0.4 is 4.74 Å². The monoisotopic (exact) mass is 246 g/mol. The molecule has 2 rings (SSSR count). The third-order valence-corrected chi connectivity index (χ3v) is 3.56. The second-order valence-corrected chi connectivity index (χ2v) is 5.67. The van der Waals surface area contributed by atoms with Crippen LogP contribution in [-0.4, -0.2) is 11.9 Å². The van der Waals surface area contributed by atoms with Crippen molar-refractivity contribution in [2.45, 2.75) is 46.1 Å². The number of ether oxygens (including phenoxy) is 1. The average molecular weight is 246 g/mol. The first-order chi connectivity index (χ1) is 8.56. The molecule has 0 N–H and O–H groups in total. The van der Waals surface area contributed by atoms with E-state index in [0.29, 0.717) is 5.92 Å². The zero-order valence-electron chi connectivity index (χ0n) is 11.5. The number of ketones is 1. The van der Waals surface area contributed by atoms with E-state index in [2.05, 4.69) is 6.92 Å². The van der Waals surface area contributed by atoms with Crippen molar-refractivity contribution in [1.82, 2.24) is 0 Å². The summed E-state index contributed by atoms with van der Waals surface area (Å²) in [5.41, 5.74) is 0.798. The van der Waals surface area contributed by atoms with Gasteiger partial charge >= 0.3 is 0 Å². The highest BCUT2D eigenvalue weighted by atomic mass is 16.5. The molecule has 1 saturated carbocycles. The first-order valence-corrected chi connectivity index (χ1v) is 6.87. The van der Waals surface area contributed by atoms with E-state index >= 15 is 0 Å². The lowest BCUT2D eigenvalue weighted by atomic mass is 9.95. The molecule has 0 spiro atoms. The molecule has 0 heterocycles. The molecule has 1 aliphatic rings. The third kappa shape index (κ3) is 3.12. The van der Waals surface area contributed by atoms with Gasteiger partial charge in [0, 0.05) is 11.5 Å². The minimum atomic E-state index is 0.141. The highest BCUT2D eigenvalue weighted by molar-refractivity contribution is 5.98. The van der Waals surface area contributed by atoms with Crippen LogP contribution in [0.3, 0.4) is 0 Å². The van der Waals surface area contributed by atoms with E-state index in [9.17, 15) is 4.79 Å². The number of carbonyl (C=O) groups excluding carboxylic acids is 1. The van der Waals surface area contributed by atoms with Gasteiger partial charge in [0.1, 0.15) is 5.75 Å². The van der Waals surface area contributed by atoms with Gasteiger partial charge in [0.05, 0.1) is 6.10 Å². The fourth-order valence-corrected chi connectivity index (χ4v) is 2.68. The van der Waals surface area contributed by atoms with E-state index in [1.54, 1.807) is 0 Å². The zero-order chi connectivity index (χ0) is 13.1. The van der Waals surface area contributed by atoms with Crippen molar-refractivity contribution in [1.29, 1.82) is 0 Å². The SMILES string of the molecule is CC1CCC(C(=O)c2cccc(OC(C)C)c2)C1. The summed E-state index contributed by atoms with van der Waals surface area (Å²) < 4.78 is 5.64. The molecule has 1 aromatic rings. The summed E-state index contributed by atoms with van der Waals surface area (Å²) in [4.78, 5) is 12.4. The van der Waals surface area contributed by atoms with E-state index in [0.717, 1.165) is 24.2 Å². The fourth-order valence-electron chi connectivity index (χ4n) is 2.68. The molecule has 1 fully saturated rings. The van der Waals surface area contributed by atoms with Crippen molar-refractivity contribution < 1.29 is 9.53 Å². The highest BCUT2D eigenvalue weighted by Crippen LogP contribution is 2.33. The minimum absolute atomic E-state index is 0.141. The molecule has 18 heavy (non-hydrogen) atoms. The molecule has 2 nitrogen and oxygen atoms in total. The first kappa shape index (κ1) is 13.1. The van der Waals surface area contributed by atoms with Gasteiger partial charge in [-0.3, -0.25) is 4.79 Å². The summed E-state index contributed by atoms with van der Waals surface area (Å²) in [7, 11) is 0. The van der Waals surface area contributed by atoms with Gasteiger partial charge in [0.2, 0.25) is 0 Å². The maximum absolute atomic E-state index is 12.4. The normalized spacial score (nSPS) is 23.3. The Labute approximate surface area is 109 Å². The standard InChI is InChI=1S/C16H22O2/c1-11(2)18-15-6-4-5-13(10-15)16(17)14-8-7-12(3)9-14/h4-6,10-12,14H,7-9H2,1-3H3. The summed E-state index contributed by atoms with van der Waals surface area (Å²) in [6.45, 7) is 6.21. The largest absolute Gasteiger partial charge is 0.491 e. The van der Waals surface area contributed by atoms with Gasteiger partial charge in [0.25, 0.3) is 0 Å². The van der Waals surface area contributed by atoms with Gasteiger partial charge in [-0.15, -0.1) is 0 Å². The molecule has 0 aromatic heterocycles. The van der Waals surface area contributed by atoms with Crippen LogP contribution in [0, 0.1) is 11.8 Å². The zero-order valence-corrected chi connectivity index (χ0v) is 11.5. The predicted molar refractivity (Wildman–Crippen MR) is 73.0 cm³/mol. The molecular weight excluding hydrogens is 224 g/mol. The number of benzene rings is 1. The number of carbonyl (C=O) groups is 1. The number of hydrogen-bond acceptors (Lipinski definition) is 2. The van der Waals surface area contributed by atoms with Crippen LogP contribution in [0.15, 0.2) is 24.3 Å². The van der Waals surface area contributed by atoms with Crippen molar-refractivity contribution in [3.05, 3.63) is 29.8 Å². The van der Waals surface area contributed by atoms with Gasteiger partial charge in [-0.2, -0.15) is 0 Å². The summed E-state index contributed by atoms with van der Waals surface area (Å²) in [5.74, 6) is 1.98. The second kappa shape index (κ2) is 5.55. The Bertz CT molecular complexity index is 423. The maximum Gasteiger partial charge on any atom is 0.166 e. The van der Waals surface area contributed by atoms with Crippen molar-refractivity contribution in [2.75, 3.05) is 0 Å². The quantitative estimate of drug-likeness (QED) is 0.748. The first-order valence-electron chi connectivity index (χ1n) is 6.87. The Hall–Kier alpha value is -1.31. The number of Topliss-reactive ketones (excluding diaryl/α,β-unsaturated/α-hetero) is 1. The predicted octanol–water partition coefficient (Wildman–Crippen LogP) is 4.09. The highest BCUT2D eigenvalue weighted by Gasteiger charge is 2.28. The van der Waals surface area contributed by atoms with Crippen molar-refractivity contribution in [3.63, 3.8) is 0 Å². The molecule has 2 unspecified atom stereocenters. The Morgan fingerprint density at radius 2 is 2.11 bits per heavy atom. The molecule has 1 aromatic carbocycles. The Morgan fingerprint density at radius 1 is 1.33 bits per heavy atom. The van der Waals surface area contributed by atoms with E-state index in [4.69, 9.17) is 4.74 Å². The topological polar surface area (TPSA) is 26.3 Å². The molecular formula is C16H22O2. The lowest BCUT2D eigenvalue weighted by Gasteiger charge is -2.12. The fraction of sp³-hybridized carbons (Fsp3) is 0.562. The summed E-state index contributed by atoms with van der Waals surface area (Å²) in [6.07, 6.45) is 3.39.